The van der Waals surface area contributed by atoms with Crippen molar-refractivity contribution in [2.45, 2.75) is 191 Å². The molecule has 0 amide bonds. The number of benzene rings is 4. The second kappa shape index (κ2) is 34.0. The minimum absolute atomic E-state index is 0. The second-order valence-electron chi connectivity index (χ2n) is 16.6. The minimum Gasteiger partial charge on any atom is -0.744 e. The van der Waals surface area contributed by atoms with Crippen molar-refractivity contribution < 1.29 is 35.4 Å². The van der Waals surface area contributed by atoms with E-state index < -0.39 is 20.2 Å². The molecule has 0 atom stereocenters. The van der Waals surface area contributed by atoms with Gasteiger partial charge in [0.25, 0.3) is 0 Å². The maximum Gasteiger partial charge on any atom is 2.00 e. The van der Waals surface area contributed by atoms with Gasteiger partial charge in [-0.25, -0.2) is 16.8 Å². The summed E-state index contributed by atoms with van der Waals surface area (Å²) < 4.78 is 81.0. The fourth-order valence-electron chi connectivity index (χ4n) is 7.56. The summed E-state index contributed by atoms with van der Waals surface area (Å²) in [6.07, 6.45) is 32.8. The van der Waals surface area contributed by atoms with Crippen LogP contribution in [-0.2, 0) is 33.1 Å². The molecular formula is C52H74CaO8S2. The van der Waals surface area contributed by atoms with Crippen LogP contribution in [0.5, 0.6) is 23.0 Å². The van der Waals surface area contributed by atoms with Gasteiger partial charge in [-0.3, -0.25) is 0 Å². The molecule has 4 aromatic carbocycles. The van der Waals surface area contributed by atoms with Gasteiger partial charge < -0.3 is 18.6 Å². The molecule has 0 aliphatic carbocycles. The molecule has 0 spiro atoms. The molecule has 8 nitrogen and oxygen atoms in total. The summed E-state index contributed by atoms with van der Waals surface area (Å²) in [4.78, 5) is -0.621. The summed E-state index contributed by atoms with van der Waals surface area (Å²) in [5, 5.41) is 0. The van der Waals surface area contributed by atoms with Gasteiger partial charge in [0.1, 0.15) is 43.2 Å². The van der Waals surface area contributed by atoms with E-state index in [4.69, 9.17) is 9.47 Å². The van der Waals surface area contributed by atoms with Crippen LogP contribution in [0.1, 0.15) is 179 Å². The Morgan fingerprint density at radius 1 is 0.381 bits per heavy atom. The van der Waals surface area contributed by atoms with Gasteiger partial charge in [-0.15, -0.1) is 0 Å². The van der Waals surface area contributed by atoms with Crippen LogP contribution in [0, 0.1) is 0 Å². The molecule has 0 bridgehead atoms. The van der Waals surface area contributed by atoms with Gasteiger partial charge in [0.05, 0.1) is 9.79 Å². The number of para-hydroxylation sites is 2. The maximum absolute atomic E-state index is 11.6. The molecule has 0 heterocycles. The van der Waals surface area contributed by atoms with Gasteiger partial charge in [-0.2, -0.15) is 0 Å². The standard InChI is InChI=1S/2C26H38O4S.Ca/c2*1-2-3-4-5-6-7-8-9-10-11-12-14-17-23-20-21-26(31(27,28)29)25(22-23)30-24-18-15-13-16-19-24;/h2*13,15-16,18-22H,2-12,14,17H2,1H3,(H,27,28,29);/q;;+2/p-2. The number of unbranched alkanes of at least 4 members (excludes halogenated alkanes) is 22. The van der Waals surface area contributed by atoms with E-state index in [0.29, 0.717) is 11.5 Å². The Morgan fingerprint density at radius 2 is 0.651 bits per heavy atom. The molecule has 0 aliphatic rings. The summed E-state index contributed by atoms with van der Waals surface area (Å²) in [7, 11) is -9.18. The SMILES string of the molecule is CCCCCCCCCCCCCCc1ccc(S(=O)(=O)[O-])c(Oc2ccccc2)c1.CCCCCCCCCCCCCCc1ccc(S(=O)(=O)[O-])c(Oc2ccccc2)c1.[Ca+2]. The van der Waals surface area contributed by atoms with Crippen LogP contribution in [0.2, 0.25) is 0 Å². The molecule has 0 aliphatic heterocycles. The van der Waals surface area contributed by atoms with Gasteiger partial charge in [-0.05, 0) is 85.3 Å². The van der Waals surface area contributed by atoms with Crippen LogP contribution in [0.4, 0.5) is 0 Å². The summed E-state index contributed by atoms with van der Waals surface area (Å²) in [6.45, 7) is 4.51. The minimum atomic E-state index is -4.59. The van der Waals surface area contributed by atoms with E-state index in [1.54, 1.807) is 72.8 Å². The third kappa shape index (κ3) is 25.7. The second-order valence-corrected chi connectivity index (χ2v) is 19.3. The Balaban J connectivity index is 0.000000427. The smallest absolute Gasteiger partial charge is 0.744 e. The number of hydrogen-bond donors (Lipinski definition) is 0. The van der Waals surface area contributed by atoms with Gasteiger partial charge in [0.15, 0.2) is 0 Å². The summed E-state index contributed by atoms with van der Waals surface area (Å²) in [5.74, 6) is 1.24. The fraction of sp³-hybridized carbons (Fsp3) is 0.538. The van der Waals surface area contributed by atoms with E-state index in [9.17, 15) is 25.9 Å². The van der Waals surface area contributed by atoms with Crippen molar-refractivity contribution in [2.75, 3.05) is 0 Å². The monoisotopic (exact) mass is 930 g/mol. The molecule has 0 saturated heterocycles. The topological polar surface area (TPSA) is 133 Å². The van der Waals surface area contributed by atoms with Crippen molar-refractivity contribution in [3.63, 3.8) is 0 Å². The van der Waals surface area contributed by atoms with Gasteiger partial charge in [0.2, 0.25) is 0 Å². The first-order chi connectivity index (χ1) is 30.0. The molecule has 0 radical (unpaired) electrons. The van der Waals surface area contributed by atoms with Crippen LogP contribution in [0.15, 0.2) is 107 Å². The van der Waals surface area contributed by atoms with Crippen molar-refractivity contribution in [1.29, 1.82) is 0 Å². The van der Waals surface area contributed by atoms with Crippen LogP contribution in [0.3, 0.4) is 0 Å². The van der Waals surface area contributed by atoms with Crippen molar-refractivity contribution in [3.05, 3.63) is 108 Å². The van der Waals surface area contributed by atoms with E-state index in [1.165, 1.54) is 141 Å². The van der Waals surface area contributed by atoms with Crippen molar-refractivity contribution in [2.24, 2.45) is 0 Å². The van der Waals surface area contributed by atoms with Crippen molar-refractivity contribution in [3.8, 4) is 23.0 Å². The van der Waals surface area contributed by atoms with Crippen molar-refractivity contribution >= 4 is 58.0 Å². The van der Waals surface area contributed by atoms with E-state index in [1.807, 2.05) is 12.1 Å². The van der Waals surface area contributed by atoms with Crippen LogP contribution in [-0.4, -0.2) is 63.7 Å². The van der Waals surface area contributed by atoms with Gasteiger partial charge in [0, 0.05) is 0 Å². The van der Waals surface area contributed by atoms with E-state index in [2.05, 4.69) is 13.8 Å². The number of ether oxygens (including phenoxy) is 2. The number of rotatable bonds is 32. The molecule has 63 heavy (non-hydrogen) atoms. The Morgan fingerprint density at radius 3 is 0.921 bits per heavy atom. The fourth-order valence-corrected chi connectivity index (χ4v) is 8.72. The third-order valence-electron chi connectivity index (χ3n) is 11.1. The molecule has 0 fully saturated rings. The zero-order valence-electron chi connectivity index (χ0n) is 38.4. The Bertz CT molecular complexity index is 1850. The van der Waals surface area contributed by atoms with Crippen LogP contribution in [0.25, 0.3) is 0 Å². The molecule has 344 valence electrons. The molecule has 4 aromatic rings. The predicted octanol–water partition coefficient (Wildman–Crippen LogP) is 14.9. The summed E-state index contributed by atoms with van der Waals surface area (Å²) >= 11 is 0. The predicted molar refractivity (Wildman–Crippen MR) is 257 cm³/mol. The zero-order valence-corrected chi connectivity index (χ0v) is 42.3. The maximum atomic E-state index is 11.6. The average Bonchev–Trinajstić information content (AvgIpc) is 3.25. The Hall–Kier alpha value is -2.44. The first-order valence-corrected chi connectivity index (χ1v) is 26.5. The zero-order chi connectivity index (χ0) is 44.7. The molecule has 0 aromatic heterocycles. The molecule has 0 N–H and O–H groups in total. The summed E-state index contributed by atoms with van der Waals surface area (Å²) in [6, 6.07) is 27.4. The molecule has 11 heteroatoms. The summed E-state index contributed by atoms with van der Waals surface area (Å²) in [5.41, 5.74) is 1.98. The van der Waals surface area contributed by atoms with E-state index in [-0.39, 0.29) is 59.0 Å². The van der Waals surface area contributed by atoms with E-state index in [0.717, 1.165) is 49.7 Å². The quantitative estimate of drug-likeness (QED) is 0.0269. The van der Waals surface area contributed by atoms with Crippen molar-refractivity contribution in [1.82, 2.24) is 0 Å². The molecule has 4 rings (SSSR count). The first-order valence-electron chi connectivity index (χ1n) is 23.6. The van der Waals surface area contributed by atoms with Crippen LogP contribution < -0.4 is 9.47 Å². The average molecular weight is 931 g/mol. The van der Waals surface area contributed by atoms with E-state index >= 15 is 0 Å². The first kappa shape index (κ1) is 56.7. The van der Waals surface area contributed by atoms with Crippen LogP contribution >= 0.6 is 0 Å². The van der Waals surface area contributed by atoms with Gasteiger partial charge >= 0.3 is 37.7 Å². The molecular weight excluding hydrogens is 857 g/mol. The number of hydrogen-bond acceptors (Lipinski definition) is 8. The molecule has 0 unspecified atom stereocenters. The molecule has 0 saturated carbocycles. The van der Waals surface area contributed by atoms with Gasteiger partial charge in [-0.1, -0.05) is 204 Å². The largest absolute Gasteiger partial charge is 2.00 e. The number of aryl methyl sites for hydroxylation is 2. The Labute approximate surface area is 411 Å². The normalized spacial score (nSPS) is 11.4. The Kier molecular flexibility index (Phi) is 30.6. The third-order valence-corrected chi connectivity index (χ3v) is 12.9.